The van der Waals surface area contributed by atoms with E-state index in [1.54, 1.807) is 37.2 Å². The van der Waals surface area contributed by atoms with Gasteiger partial charge in [0.15, 0.2) is 11.5 Å². The molecule has 0 spiro atoms. The summed E-state index contributed by atoms with van der Waals surface area (Å²) in [7, 11) is 3.15. The fourth-order valence-electron chi connectivity index (χ4n) is 3.45. The quantitative estimate of drug-likeness (QED) is 0.766. The molecular formula is C20H18FN3O3. The van der Waals surface area contributed by atoms with Crippen molar-refractivity contribution in [3.05, 3.63) is 65.9 Å². The molecule has 2 aromatic carbocycles. The van der Waals surface area contributed by atoms with Gasteiger partial charge in [0, 0.05) is 23.6 Å². The second kappa shape index (κ2) is 6.75. The number of halogens is 1. The molecule has 1 amide bonds. The van der Waals surface area contributed by atoms with Crippen LogP contribution in [0.3, 0.4) is 0 Å². The topological polar surface area (TPSA) is 65.4 Å². The average molecular weight is 367 g/mol. The van der Waals surface area contributed by atoms with Crippen LogP contribution in [0.4, 0.5) is 10.2 Å². The predicted octanol–water partition coefficient (Wildman–Crippen LogP) is 3.50. The van der Waals surface area contributed by atoms with Crippen LogP contribution in [0.1, 0.15) is 23.6 Å². The first-order chi connectivity index (χ1) is 13.1. The fourth-order valence-corrected chi connectivity index (χ4v) is 3.45. The van der Waals surface area contributed by atoms with Gasteiger partial charge in [-0.05, 0) is 30.3 Å². The lowest BCUT2D eigenvalue weighted by Gasteiger charge is -2.25. The summed E-state index contributed by atoms with van der Waals surface area (Å²) in [5.74, 6) is 1.03. The number of carbonyl (C=O) groups excluding carboxylic acids is 1. The molecular weight excluding hydrogens is 349 g/mol. The number of hydrogen-bond donors (Lipinski definition) is 1. The molecule has 2 heterocycles. The zero-order valence-corrected chi connectivity index (χ0v) is 14.9. The first-order valence-electron chi connectivity index (χ1n) is 8.46. The van der Waals surface area contributed by atoms with E-state index in [4.69, 9.17) is 9.47 Å². The van der Waals surface area contributed by atoms with Gasteiger partial charge in [-0.2, -0.15) is 0 Å². The number of imidazole rings is 1. The van der Waals surface area contributed by atoms with Crippen LogP contribution in [0.25, 0.3) is 5.69 Å². The molecule has 27 heavy (non-hydrogen) atoms. The van der Waals surface area contributed by atoms with Gasteiger partial charge < -0.3 is 14.8 Å². The molecule has 1 aliphatic rings. The SMILES string of the molecule is COc1cccc(C2CC(=O)Nc3c2ncn3-c2ccc(F)cc2)c1OC. The van der Waals surface area contributed by atoms with Crippen molar-refractivity contribution in [1.82, 2.24) is 9.55 Å². The van der Waals surface area contributed by atoms with Gasteiger partial charge in [0.05, 0.1) is 19.9 Å². The molecule has 0 radical (unpaired) electrons. The summed E-state index contributed by atoms with van der Waals surface area (Å²) in [6.07, 6.45) is 1.88. The van der Waals surface area contributed by atoms with Crippen molar-refractivity contribution in [2.45, 2.75) is 12.3 Å². The standard InChI is InChI=1S/C20H18FN3O3/c1-26-16-5-3-4-14(19(16)27-2)15-10-17(25)23-20-18(15)22-11-24(20)13-8-6-12(21)7-9-13/h3-9,11,15H,10H2,1-2H3,(H,23,25). The molecule has 0 saturated carbocycles. The lowest BCUT2D eigenvalue weighted by Crippen LogP contribution is -2.25. The summed E-state index contributed by atoms with van der Waals surface area (Å²) in [5.41, 5.74) is 2.27. The number of hydrogen-bond acceptors (Lipinski definition) is 4. The number of fused-ring (bicyclic) bond motifs is 1. The van der Waals surface area contributed by atoms with Gasteiger partial charge in [-0.15, -0.1) is 0 Å². The molecule has 7 heteroatoms. The smallest absolute Gasteiger partial charge is 0.226 e. The Kier molecular flexibility index (Phi) is 4.27. The molecule has 6 nitrogen and oxygen atoms in total. The summed E-state index contributed by atoms with van der Waals surface area (Å²) in [5, 5.41) is 2.88. The molecule has 1 atom stereocenters. The molecule has 4 rings (SSSR count). The lowest BCUT2D eigenvalue weighted by atomic mass is 9.89. The third-order valence-electron chi connectivity index (χ3n) is 4.69. The number of carbonyl (C=O) groups is 1. The third kappa shape index (κ3) is 2.91. The Hall–Kier alpha value is -3.35. The molecule has 1 N–H and O–H groups in total. The third-order valence-corrected chi connectivity index (χ3v) is 4.69. The maximum absolute atomic E-state index is 13.2. The van der Waals surface area contributed by atoms with Gasteiger partial charge in [-0.3, -0.25) is 9.36 Å². The van der Waals surface area contributed by atoms with Crippen molar-refractivity contribution in [3.63, 3.8) is 0 Å². The molecule has 3 aromatic rings. The molecule has 138 valence electrons. The van der Waals surface area contributed by atoms with Crippen LogP contribution in [0, 0.1) is 5.82 Å². The van der Waals surface area contributed by atoms with Gasteiger partial charge >= 0.3 is 0 Å². The highest BCUT2D eigenvalue weighted by Crippen LogP contribution is 2.43. The summed E-state index contributed by atoms with van der Waals surface area (Å²) in [6.45, 7) is 0. The highest BCUT2D eigenvalue weighted by Gasteiger charge is 2.33. The Bertz CT molecular complexity index is 998. The number of anilines is 1. The van der Waals surface area contributed by atoms with Gasteiger partial charge in [-0.1, -0.05) is 12.1 Å². The van der Waals surface area contributed by atoms with Crippen molar-refractivity contribution in [1.29, 1.82) is 0 Å². The maximum atomic E-state index is 13.2. The number of rotatable bonds is 4. The Morgan fingerprint density at radius 3 is 2.63 bits per heavy atom. The number of aromatic nitrogens is 2. The van der Waals surface area contributed by atoms with E-state index >= 15 is 0 Å². The van der Waals surface area contributed by atoms with E-state index in [1.165, 1.54) is 12.1 Å². The minimum absolute atomic E-state index is 0.124. The van der Waals surface area contributed by atoms with Gasteiger partial charge in [0.1, 0.15) is 18.0 Å². The number of nitrogens with zero attached hydrogens (tertiary/aromatic N) is 2. The van der Waals surface area contributed by atoms with E-state index in [-0.39, 0.29) is 24.1 Å². The van der Waals surface area contributed by atoms with Crippen LogP contribution in [0.2, 0.25) is 0 Å². The van der Waals surface area contributed by atoms with E-state index < -0.39 is 0 Å². The fraction of sp³-hybridized carbons (Fsp3) is 0.200. The van der Waals surface area contributed by atoms with Gasteiger partial charge in [0.25, 0.3) is 0 Å². The summed E-state index contributed by atoms with van der Waals surface area (Å²) in [6, 6.07) is 11.6. The maximum Gasteiger partial charge on any atom is 0.226 e. The second-order valence-corrected chi connectivity index (χ2v) is 6.21. The Morgan fingerprint density at radius 2 is 1.93 bits per heavy atom. The number of amides is 1. The van der Waals surface area contributed by atoms with Crippen molar-refractivity contribution >= 4 is 11.7 Å². The van der Waals surface area contributed by atoms with E-state index in [2.05, 4.69) is 10.3 Å². The van der Waals surface area contributed by atoms with Crippen molar-refractivity contribution < 1.29 is 18.7 Å². The van der Waals surface area contributed by atoms with Crippen molar-refractivity contribution in [2.24, 2.45) is 0 Å². The van der Waals surface area contributed by atoms with Crippen LogP contribution >= 0.6 is 0 Å². The van der Waals surface area contributed by atoms with Crippen LogP contribution in [-0.2, 0) is 4.79 Å². The number of nitrogens with one attached hydrogen (secondary N) is 1. The molecule has 0 saturated heterocycles. The van der Waals surface area contributed by atoms with Crippen molar-refractivity contribution in [3.8, 4) is 17.2 Å². The Morgan fingerprint density at radius 1 is 1.15 bits per heavy atom. The molecule has 0 bridgehead atoms. The number of para-hydroxylation sites is 1. The lowest BCUT2D eigenvalue weighted by molar-refractivity contribution is -0.116. The average Bonchev–Trinajstić information content (AvgIpc) is 3.11. The zero-order chi connectivity index (χ0) is 19.0. The molecule has 0 aliphatic carbocycles. The number of benzene rings is 2. The number of methoxy groups -OCH3 is 2. The first-order valence-corrected chi connectivity index (χ1v) is 8.46. The van der Waals surface area contributed by atoms with Gasteiger partial charge in [0.2, 0.25) is 5.91 Å². The highest BCUT2D eigenvalue weighted by atomic mass is 19.1. The Labute approximate surface area is 155 Å². The molecule has 0 fully saturated rings. The number of ether oxygens (including phenoxy) is 2. The zero-order valence-electron chi connectivity index (χ0n) is 14.9. The Balaban J connectivity index is 1.84. The minimum atomic E-state index is -0.323. The first kappa shape index (κ1) is 17.1. The summed E-state index contributed by atoms with van der Waals surface area (Å²) in [4.78, 5) is 17.0. The van der Waals surface area contributed by atoms with Crippen LogP contribution < -0.4 is 14.8 Å². The normalized spacial score (nSPS) is 15.8. The summed E-state index contributed by atoms with van der Waals surface area (Å²) >= 11 is 0. The highest BCUT2D eigenvalue weighted by molar-refractivity contribution is 5.94. The molecule has 1 unspecified atom stereocenters. The van der Waals surface area contributed by atoms with E-state index in [9.17, 15) is 9.18 Å². The van der Waals surface area contributed by atoms with E-state index in [1.807, 2.05) is 18.2 Å². The van der Waals surface area contributed by atoms with Gasteiger partial charge in [-0.25, -0.2) is 9.37 Å². The largest absolute Gasteiger partial charge is 0.493 e. The monoisotopic (exact) mass is 367 g/mol. The predicted molar refractivity (Wildman–Crippen MR) is 98.2 cm³/mol. The van der Waals surface area contributed by atoms with Crippen LogP contribution in [0.5, 0.6) is 11.5 Å². The molecule has 1 aliphatic heterocycles. The summed E-state index contributed by atoms with van der Waals surface area (Å²) < 4.78 is 25.9. The van der Waals surface area contributed by atoms with Crippen LogP contribution in [-0.4, -0.2) is 29.7 Å². The van der Waals surface area contributed by atoms with E-state index in [0.29, 0.717) is 23.0 Å². The van der Waals surface area contributed by atoms with E-state index in [0.717, 1.165) is 11.3 Å². The van der Waals surface area contributed by atoms with Crippen molar-refractivity contribution in [2.75, 3.05) is 19.5 Å². The molecule has 1 aromatic heterocycles. The minimum Gasteiger partial charge on any atom is -0.493 e. The second-order valence-electron chi connectivity index (χ2n) is 6.21. The van der Waals surface area contributed by atoms with Crippen LogP contribution in [0.15, 0.2) is 48.8 Å².